The number of nitrogens with zero attached hydrogens (tertiary/aromatic N) is 2. The summed E-state index contributed by atoms with van der Waals surface area (Å²) in [6, 6.07) is 57.4. The van der Waals surface area contributed by atoms with Crippen LogP contribution in [0.2, 0.25) is 0 Å². The number of para-hydroxylation sites is 5. The van der Waals surface area contributed by atoms with Crippen molar-refractivity contribution in [2.75, 3.05) is 0 Å². The average Bonchev–Trinajstić information content (AvgIpc) is 3.90. The molecule has 4 aromatic heterocycles. The number of rotatable bonds is 2. The first-order chi connectivity index (χ1) is 24.3. The Kier molecular flexibility index (Phi) is 4.72. The van der Waals surface area contributed by atoms with E-state index in [-0.39, 0.29) is 0 Å². The lowest BCUT2D eigenvalue weighted by atomic mass is 10.0. The van der Waals surface area contributed by atoms with E-state index >= 15 is 0 Å². The third kappa shape index (κ3) is 3.17. The van der Waals surface area contributed by atoms with Crippen molar-refractivity contribution in [3.63, 3.8) is 0 Å². The second-order valence-corrected chi connectivity index (χ2v) is 13.3. The van der Waals surface area contributed by atoms with Crippen molar-refractivity contribution in [1.82, 2.24) is 8.97 Å². The molecule has 0 N–H and O–H groups in total. The van der Waals surface area contributed by atoms with Crippen LogP contribution in [0, 0.1) is 0 Å². The molecule has 12 aromatic rings. The number of hydrogen-bond acceptors (Lipinski definition) is 1. The second kappa shape index (κ2) is 9.06. The summed E-state index contributed by atoms with van der Waals surface area (Å²) in [5.41, 5.74) is 11.4. The predicted molar refractivity (Wildman–Crippen MR) is 206 cm³/mol. The first-order valence-electron chi connectivity index (χ1n) is 16.9. The Labute approximate surface area is 279 Å². The summed E-state index contributed by atoms with van der Waals surface area (Å²) in [6.45, 7) is 0. The highest BCUT2D eigenvalue weighted by Crippen LogP contribution is 2.45. The molecule has 0 amide bonds. The maximum Gasteiger partial charge on any atom is 0.143 e. The van der Waals surface area contributed by atoms with Crippen molar-refractivity contribution < 1.29 is 4.42 Å². The molecule has 0 saturated heterocycles. The van der Waals surface area contributed by atoms with Gasteiger partial charge in [0.2, 0.25) is 0 Å². The molecule has 0 bridgehead atoms. The van der Waals surface area contributed by atoms with Crippen LogP contribution in [0.3, 0.4) is 0 Å². The molecule has 12 rings (SSSR count). The molecule has 49 heavy (non-hydrogen) atoms. The third-order valence-electron chi connectivity index (χ3n) is 10.8. The minimum atomic E-state index is 0.914. The molecule has 0 spiro atoms. The predicted octanol–water partition coefficient (Wildman–Crippen LogP) is 12.7. The average molecular weight is 623 g/mol. The van der Waals surface area contributed by atoms with Gasteiger partial charge in [0.15, 0.2) is 0 Å². The highest BCUT2D eigenvalue weighted by molar-refractivity contribution is 6.30. The van der Waals surface area contributed by atoms with Crippen molar-refractivity contribution in [2.45, 2.75) is 0 Å². The van der Waals surface area contributed by atoms with E-state index < -0.39 is 0 Å². The van der Waals surface area contributed by atoms with Crippen LogP contribution in [0.5, 0.6) is 0 Å². The van der Waals surface area contributed by atoms with Gasteiger partial charge < -0.3 is 13.4 Å². The summed E-state index contributed by atoms with van der Waals surface area (Å²) in [5, 5.41) is 12.5. The minimum Gasteiger partial charge on any atom is -0.455 e. The Hall–Kier alpha value is -6.58. The molecular formula is C46H26N2O. The van der Waals surface area contributed by atoms with E-state index in [1.54, 1.807) is 0 Å². The van der Waals surface area contributed by atoms with E-state index in [9.17, 15) is 0 Å². The van der Waals surface area contributed by atoms with Gasteiger partial charge in [0.25, 0.3) is 0 Å². The topological polar surface area (TPSA) is 22.5 Å². The lowest BCUT2D eigenvalue weighted by molar-refractivity contribution is 0.670. The van der Waals surface area contributed by atoms with Gasteiger partial charge in [-0.15, -0.1) is 0 Å². The largest absolute Gasteiger partial charge is 0.455 e. The van der Waals surface area contributed by atoms with E-state index in [1.165, 1.54) is 70.7 Å². The normalized spacial score (nSPS) is 12.5. The molecule has 4 heterocycles. The van der Waals surface area contributed by atoms with E-state index in [1.807, 2.05) is 6.07 Å². The number of aromatic nitrogens is 2. The van der Waals surface area contributed by atoms with Crippen molar-refractivity contribution in [1.29, 1.82) is 0 Å². The lowest BCUT2D eigenvalue weighted by Gasteiger charge is -2.13. The van der Waals surface area contributed by atoms with Gasteiger partial charge in [-0.25, -0.2) is 0 Å². The van der Waals surface area contributed by atoms with Gasteiger partial charge in [-0.1, -0.05) is 127 Å². The SMILES string of the molecule is c1cc(-c2cccc3c2oc2ccccc23)cc(-n2c3ccccc3c3ccc4c(ccc5c6cccc7c8ccccc8n(c45)c76)c32)c1. The maximum absolute atomic E-state index is 6.47. The van der Waals surface area contributed by atoms with Crippen LogP contribution in [0.1, 0.15) is 0 Å². The van der Waals surface area contributed by atoms with Gasteiger partial charge in [0, 0.05) is 65.1 Å². The number of hydrogen-bond donors (Lipinski definition) is 0. The zero-order chi connectivity index (χ0) is 31.8. The minimum absolute atomic E-state index is 0.914. The molecule has 0 aliphatic rings. The summed E-state index contributed by atoms with van der Waals surface area (Å²) in [7, 11) is 0. The molecule has 0 atom stereocenters. The fourth-order valence-electron chi connectivity index (χ4n) is 8.83. The third-order valence-corrected chi connectivity index (χ3v) is 10.8. The smallest absolute Gasteiger partial charge is 0.143 e. The zero-order valence-corrected chi connectivity index (χ0v) is 26.3. The fraction of sp³-hybridized carbons (Fsp3) is 0. The Balaban J connectivity index is 1.19. The standard InChI is InChI=1S/C46H26N2O/c1-4-19-40-31(13-1)35-22-23-38-37(25-24-36-34-17-9-16-33-30-12-2-5-20-41(30)48(44(33)34)45(36)38)43(35)47(40)28-11-7-10-27(26-28)29-15-8-18-39-32-14-3-6-21-42(32)49-46(29)39/h1-26H. The molecular weight excluding hydrogens is 597 g/mol. The van der Waals surface area contributed by atoms with Gasteiger partial charge in [0.05, 0.1) is 27.6 Å². The summed E-state index contributed by atoms with van der Waals surface area (Å²) in [5.74, 6) is 0. The fourth-order valence-corrected chi connectivity index (χ4v) is 8.83. The van der Waals surface area contributed by atoms with E-state index in [0.717, 1.165) is 38.8 Å². The summed E-state index contributed by atoms with van der Waals surface area (Å²) < 4.78 is 11.4. The summed E-state index contributed by atoms with van der Waals surface area (Å²) in [4.78, 5) is 0. The molecule has 3 heteroatoms. The maximum atomic E-state index is 6.47. The van der Waals surface area contributed by atoms with Crippen LogP contribution in [-0.4, -0.2) is 8.97 Å². The Bertz CT molecular complexity index is 3340. The first-order valence-corrected chi connectivity index (χ1v) is 16.9. The molecule has 226 valence electrons. The van der Waals surface area contributed by atoms with E-state index in [0.29, 0.717) is 0 Å². The monoisotopic (exact) mass is 622 g/mol. The summed E-state index contributed by atoms with van der Waals surface area (Å²) in [6.07, 6.45) is 0. The Morgan fingerprint density at radius 2 is 0.898 bits per heavy atom. The number of fused-ring (bicyclic) bond motifs is 15. The Morgan fingerprint density at radius 3 is 1.69 bits per heavy atom. The molecule has 0 saturated carbocycles. The van der Waals surface area contributed by atoms with Crippen molar-refractivity contribution in [3.8, 4) is 16.8 Å². The van der Waals surface area contributed by atoms with Gasteiger partial charge in [-0.3, -0.25) is 0 Å². The van der Waals surface area contributed by atoms with Crippen molar-refractivity contribution in [2.24, 2.45) is 0 Å². The van der Waals surface area contributed by atoms with Crippen LogP contribution in [0.25, 0.3) is 109 Å². The number of benzene rings is 8. The lowest BCUT2D eigenvalue weighted by Crippen LogP contribution is -1.95. The van der Waals surface area contributed by atoms with Crippen LogP contribution < -0.4 is 0 Å². The van der Waals surface area contributed by atoms with Gasteiger partial charge >= 0.3 is 0 Å². The van der Waals surface area contributed by atoms with Crippen LogP contribution in [0.15, 0.2) is 162 Å². The molecule has 8 aromatic carbocycles. The molecule has 0 radical (unpaired) electrons. The van der Waals surface area contributed by atoms with Gasteiger partial charge in [-0.2, -0.15) is 0 Å². The number of furan rings is 1. The molecule has 0 fully saturated rings. The van der Waals surface area contributed by atoms with Gasteiger partial charge in [0.1, 0.15) is 11.2 Å². The van der Waals surface area contributed by atoms with Crippen LogP contribution >= 0.6 is 0 Å². The molecule has 0 unspecified atom stereocenters. The Morgan fingerprint density at radius 1 is 0.367 bits per heavy atom. The second-order valence-electron chi connectivity index (χ2n) is 13.3. The highest BCUT2D eigenvalue weighted by Gasteiger charge is 2.22. The van der Waals surface area contributed by atoms with E-state index in [2.05, 4.69) is 161 Å². The quantitative estimate of drug-likeness (QED) is 0.188. The van der Waals surface area contributed by atoms with E-state index in [4.69, 9.17) is 4.42 Å². The summed E-state index contributed by atoms with van der Waals surface area (Å²) >= 11 is 0. The van der Waals surface area contributed by atoms with Crippen molar-refractivity contribution >= 4 is 92.6 Å². The molecule has 3 nitrogen and oxygen atoms in total. The first kappa shape index (κ1) is 25.5. The molecule has 0 aliphatic carbocycles. The van der Waals surface area contributed by atoms with Crippen LogP contribution in [0.4, 0.5) is 0 Å². The zero-order valence-electron chi connectivity index (χ0n) is 26.3. The van der Waals surface area contributed by atoms with Gasteiger partial charge in [-0.05, 0) is 35.9 Å². The van der Waals surface area contributed by atoms with Crippen molar-refractivity contribution in [3.05, 3.63) is 158 Å². The highest BCUT2D eigenvalue weighted by atomic mass is 16.3. The molecule has 0 aliphatic heterocycles. The van der Waals surface area contributed by atoms with Crippen LogP contribution in [-0.2, 0) is 0 Å².